The highest BCUT2D eigenvalue weighted by molar-refractivity contribution is 5.91. The van der Waals surface area contributed by atoms with Crippen LogP contribution in [0.3, 0.4) is 0 Å². The van der Waals surface area contributed by atoms with Crippen molar-refractivity contribution in [3.05, 3.63) is 29.7 Å². The van der Waals surface area contributed by atoms with Gasteiger partial charge in [-0.05, 0) is 37.5 Å². The molecule has 2 rings (SSSR count). The second-order valence-electron chi connectivity index (χ2n) is 5.64. The summed E-state index contributed by atoms with van der Waals surface area (Å²) in [5.74, 6) is 2.46. The third-order valence-corrected chi connectivity index (χ3v) is 4.02. The van der Waals surface area contributed by atoms with Crippen LogP contribution in [-0.4, -0.2) is 37.0 Å². The quantitative estimate of drug-likeness (QED) is 0.574. The molecular weight excluding hydrogens is 282 g/mol. The van der Waals surface area contributed by atoms with Gasteiger partial charge in [0.1, 0.15) is 11.5 Å². The number of rotatable bonds is 7. The number of furan rings is 1. The maximum atomic E-state index is 12.1. The molecule has 2 unspecified atom stereocenters. The monoisotopic (exact) mass is 305 g/mol. The van der Waals surface area contributed by atoms with Crippen LogP contribution in [0.1, 0.15) is 44.1 Å². The van der Waals surface area contributed by atoms with Crippen LogP contribution in [0, 0.1) is 5.92 Å². The number of carbonyl (C=O) groups is 2. The Morgan fingerprint density at radius 2 is 2.18 bits per heavy atom. The molecule has 5 heteroatoms. The van der Waals surface area contributed by atoms with E-state index in [4.69, 9.17) is 4.42 Å². The minimum Gasteiger partial charge on any atom is -0.469 e. The van der Waals surface area contributed by atoms with E-state index in [9.17, 15) is 9.59 Å². The molecule has 0 spiro atoms. The van der Waals surface area contributed by atoms with Crippen LogP contribution in [0.15, 0.2) is 22.6 Å². The second-order valence-corrected chi connectivity index (χ2v) is 5.64. The first-order chi connectivity index (χ1) is 10.5. The number of hydrogen-bond acceptors (Lipinski definition) is 4. The van der Waals surface area contributed by atoms with Gasteiger partial charge < -0.3 is 14.1 Å². The van der Waals surface area contributed by atoms with Gasteiger partial charge in [0.05, 0.1) is 13.5 Å². The second kappa shape index (κ2) is 7.29. The summed E-state index contributed by atoms with van der Waals surface area (Å²) in [7, 11) is 1.34. The van der Waals surface area contributed by atoms with E-state index in [1.165, 1.54) is 19.6 Å². The Hall–Kier alpha value is -2.04. The molecule has 22 heavy (non-hydrogen) atoms. The zero-order valence-electron chi connectivity index (χ0n) is 13.4. The average Bonchev–Trinajstić information content (AvgIpc) is 3.06. The van der Waals surface area contributed by atoms with Crippen LogP contribution in [0.25, 0.3) is 6.08 Å². The summed E-state index contributed by atoms with van der Waals surface area (Å²) in [5, 5.41) is 0. The fourth-order valence-electron chi connectivity index (χ4n) is 2.39. The molecule has 0 aliphatic heterocycles. The van der Waals surface area contributed by atoms with Gasteiger partial charge >= 0.3 is 5.97 Å². The van der Waals surface area contributed by atoms with E-state index in [1.54, 1.807) is 11.0 Å². The van der Waals surface area contributed by atoms with Crippen LogP contribution >= 0.6 is 0 Å². The van der Waals surface area contributed by atoms with Crippen molar-refractivity contribution in [2.75, 3.05) is 20.2 Å². The number of carbonyl (C=O) groups excluding carboxylic acids is 2. The van der Waals surface area contributed by atoms with Crippen molar-refractivity contribution in [3.8, 4) is 0 Å². The number of nitrogens with zero attached hydrogens (tertiary/aromatic N) is 1. The van der Waals surface area contributed by atoms with Gasteiger partial charge in [0.2, 0.25) is 5.91 Å². The van der Waals surface area contributed by atoms with Crippen LogP contribution in [0.4, 0.5) is 0 Å². The molecule has 1 amide bonds. The third kappa shape index (κ3) is 4.23. The highest BCUT2D eigenvalue weighted by Gasteiger charge is 2.36. The van der Waals surface area contributed by atoms with Crippen molar-refractivity contribution < 1.29 is 18.7 Å². The SMILES string of the molecule is CCN(CCC(=O)OC)C(=O)C=Cc1ccc(C2CC2C)o1. The fraction of sp³-hybridized carbons (Fsp3) is 0.529. The van der Waals surface area contributed by atoms with E-state index in [1.807, 2.05) is 19.1 Å². The van der Waals surface area contributed by atoms with Crippen molar-refractivity contribution in [2.45, 2.75) is 32.6 Å². The Balaban J connectivity index is 1.88. The van der Waals surface area contributed by atoms with Gasteiger partial charge in [-0.3, -0.25) is 9.59 Å². The Labute approximate surface area is 130 Å². The van der Waals surface area contributed by atoms with Crippen molar-refractivity contribution in [2.24, 2.45) is 5.92 Å². The number of hydrogen-bond donors (Lipinski definition) is 0. The number of methoxy groups -OCH3 is 1. The summed E-state index contributed by atoms with van der Waals surface area (Å²) in [6, 6.07) is 3.86. The molecule has 0 saturated heterocycles. The Morgan fingerprint density at radius 3 is 2.77 bits per heavy atom. The molecule has 0 N–H and O–H groups in total. The zero-order chi connectivity index (χ0) is 16.1. The number of esters is 1. The van der Waals surface area contributed by atoms with E-state index in [0.717, 1.165) is 5.76 Å². The smallest absolute Gasteiger partial charge is 0.307 e. The molecule has 0 bridgehead atoms. The Kier molecular flexibility index (Phi) is 5.41. The molecule has 1 heterocycles. The Bertz CT molecular complexity index is 561. The molecule has 1 aliphatic rings. The molecule has 1 aromatic heterocycles. The molecule has 0 aromatic carbocycles. The lowest BCUT2D eigenvalue weighted by molar-refractivity contribution is -0.141. The van der Waals surface area contributed by atoms with Crippen LogP contribution in [0.5, 0.6) is 0 Å². The normalized spacial score (nSPS) is 20.1. The molecule has 0 radical (unpaired) electrons. The largest absolute Gasteiger partial charge is 0.469 e. The van der Waals surface area contributed by atoms with Gasteiger partial charge in [-0.2, -0.15) is 0 Å². The highest BCUT2D eigenvalue weighted by atomic mass is 16.5. The summed E-state index contributed by atoms with van der Waals surface area (Å²) in [6.45, 7) is 4.98. The van der Waals surface area contributed by atoms with E-state index >= 15 is 0 Å². The van der Waals surface area contributed by atoms with Gasteiger partial charge in [0.25, 0.3) is 0 Å². The lowest BCUT2D eigenvalue weighted by Crippen LogP contribution is -2.31. The standard InChI is InChI=1S/C17H23NO4/c1-4-18(10-9-17(20)21-3)16(19)8-6-13-5-7-15(22-13)14-11-12(14)2/h5-8,12,14H,4,9-11H2,1-3H3. The van der Waals surface area contributed by atoms with E-state index in [2.05, 4.69) is 11.7 Å². The fourth-order valence-corrected chi connectivity index (χ4v) is 2.39. The third-order valence-electron chi connectivity index (χ3n) is 4.02. The molecule has 2 atom stereocenters. The summed E-state index contributed by atoms with van der Waals surface area (Å²) in [6.07, 6.45) is 4.54. The Morgan fingerprint density at radius 1 is 1.45 bits per heavy atom. The first kappa shape index (κ1) is 16.3. The van der Waals surface area contributed by atoms with Gasteiger partial charge in [-0.1, -0.05) is 6.92 Å². The van der Waals surface area contributed by atoms with E-state index in [-0.39, 0.29) is 18.3 Å². The summed E-state index contributed by atoms with van der Waals surface area (Å²) in [5.41, 5.74) is 0. The molecule has 120 valence electrons. The molecule has 1 saturated carbocycles. The predicted octanol–water partition coefficient (Wildman–Crippen LogP) is 2.83. The molecular formula is C17H23NO4. The topological polar surface area (TPSA) is 59.8 Å². The molecule has 1 fully saturated rings. The van der Waals surface area contributed by atoms with Gasteiger partial charge in [0.15, 0.2) is 0 Å². The van der Waals surface area contributed by atoms with Gasteiger partial charge in [-0.25, -0.2) is 0 Å². The van der Waals surface area contributed by atoms with Crippen LogP contribution in [-0.2, 0) is 14.3 Å². The highest BCUT2D eigenvalue weighted by Crippen LogP contribution is 2.47. The maximum Gasteiger partial charge on any atom is 0.307 e. The van der Waals surface area contributed by atoms with Crippen molar-refractivity contribution >= 4 is 18.0 Å². The van der Waals surface area contributed by atoms with Crippen LogP contribution in [0.2, 0.25) is 0 Å². The number of ether oxygens (including phenoxy) is 1. The molecule has 1 aromatic rings. The van der Waals surface area contributed by atoms with Crippen molar-refractivity contribution in [3.63, 3.8) is 0 Å². The van der Waals surface area contributed by atoms with Crippen molar-refractivity contribution in [1.82, 2.24) is 4.90 Å². The van der Waals surface area contributed by atoms with Crippen molar-refractivity contribution in [1.29, 1.82) is 0 Å². The van der Waals surface area contributed by atoms with Crippen LogP contribution < -0.4 is 0 Å². The van der Waals surface area contributed by atoms with Gasteiger partial charge in [-0.15, -0.1) is 0 Å². The minimum absolute atomic E-state index is 0.135. The lowest BCUT2D eigenvalue weighted by Gasteiger charge is -2.18. The predicted molar refractivity (Wildman–Crippen MR) is 83.2 cm³/mol. The summed E-state index contributed by atoms with van der Waals surface area (Å²) in [4.78, 5) is 24.8. The first-order valence-electron chi connectivity index (χ1n) is 7.68. The first-order valence-corrected chi connectivity index (χ1v) is 7.68. The number of likely N-dealkylation sites (N-methyl/N-ethyl adjacent to an activating group) is 1. The zero-order valence-corrected chi connectivity index (χ0v) is 13.4. The maximum absolute atomic E-state index is 12.1. The summed E-state index contributed by atoms with van der Waals surface area (Å²) >= 11 is 0. The average molecular weight is 305 g/mol. The molecule has 5 nitrogen and oxygen atoms in total. The van der Waals surface area contributed by atoms with E-state index in [0.29, 0.717) is 30.7 Å². The lowest BCUT2D eigenvalue weighted by atomic mass is 10.3. The number of amides is 1. The van der Waals surface area contributed by atoms with E-state index < -0.39 is 0 Å². The summed E-state index contributed by atoms with van der Waals surface area (Å²) < 4.78 is 10.3. The molecule has 1 aliphatic carbocycles. The van der Waals surface area contributed by atoms with Gasteiger partial charge in [0, 0.05) is 25.1 Å². The minimum atomic E-state index is -0.315.